The van der Waals surface area contributed by atoms with E-state index in [4.69, 9.17) is 21.1 Å². The standard InChI is InChI=1S/C18H19BrClNO3/c1-3-23-15-7-4-13(5-8-15)11-21(2)18(22)12-24-17-9-6-14(20)10-16(17)19/h4-10H,3,11-12H2,1-2H3. The Bertz CT molecular complexity index is 691. The normalized spacial score (nSPS) is 10.3. The molecular weight excluding hydrogens is 394 g/mol. The first-order valence-electron chi connectivity index (χ1n) is 7.53. The average molecular weight is 413 g/mol. The van der Waals surface area contributed by atoms with E-state index in [0.29, 0.717) is 23.9 Å². The van der Waals surface area contributed by atoms with Gasteiger partial charge in [-0.25, -0.2) is 0 Å². The third kappa shape index (κ3) is 5.42. The van der Waals surface area contributed by atoms with Crippen LogP contribution in [-0.4, -0.2) is 31.1 Å². The van der Waals surface area contributed by atoms with Crippen LogP contribution >= 0.6 is 27.5 Å². The highest BCUT2D eigenvalue weighted by molar-refractivity contribution is 9.10. The van der Waals surface area contributed by atoms with Crippen LogP contribution in [0.5, 0.6) is 11.5 Å². The quantitative estimate of drug-likeness (QED) is 0.670. The van der Waals surface area contributed by atoms with Gasteiger partial charge in [0, 0.05) is 18.6 Å². The highest BCUT2D eigenvalue weighted by Crippen LogP contribution is 2.27. The largest absolute Gasteiger partial charge is 0.494 e. The van der Waals surface area contributed by atoms with E-state index in [1.165, 1.54) is 0 Å². The van der Waals surface area contributed by atoms with Gasteiger partial charge in [0.2, 0.25) is 0 Å². The number of hydrogen-bond acceptors (Lipinski definition) is 3. The van der Waals surface area contributed by atoms with Crippen LogP contribution in [0.2, 0.25) is 5.02 Å². The molecular formula is C18H19BrClNO3. The maximum absolute atomic E-state index is 12.2. The number of nitrogens with zero attached hydrogens (tertiary/aromatic N) is 1. The second-order valence-corrected chi connectivity index (χ2v) is 6.48. The number of benzene rings is 2. The molecule has 2 rings (SSSR count). The minimum Gasteiger partial charge on any atom is -0.494 e. The predicted molar refractivity (Wildman–Crippen MR) is 98.7 cm³/mol. The number of ether oxygens (including phenoxy) is 2. The first kappa shape index (κ1) is 18.6. The second kappa shape index (κ2) is 8.94. The van der Waals surface area contributed by atoms with Gasteiger partial charge in [-0.1, -0.05) is 23.7 Å². The van der Waals surface area contributed by atoms with E-state index in [1.54, 1.807) is 30.1 Å². The molecule has 2 aromatic carbocycles. The van der Waals surface area contributed by atoms with Gasteiger partial charge in [0.1, 0.15) is 11.5 Å². The van der Waals surface area contributed by atoms with Crippen molar-refractivity contribution in [2.75, 3.05) is 20.3 Å². The summed E-state index contributed by atoms with van der Waals surface area (Å²) < 4.78 is 11.7. The molecule has 0 aliphatic rings. The van der Waals surface area contributed by atoms with Crippen molar-refractivity contribution < 1.29 is 14.3 Å². The van der Waals surface area contributed by atoms with E-state index in [9.17, 15) is 4.79 Å². The highest BCUT2D eigenvalue weighted by Gasteiger charge is 2.11. The molecule has 0 aromatic heterocycles. The summed E-state index contributed by atoms with van der Waals surface area (Å²) in [4.78, 5) is 13.8. The highest BCUT2D eigenvalue weighted by atomic mass is 79.9. The Morgan fingerprint density at radius 3 is 2.50 bits per heavy atom. The summed E-state index contributed by atoms with van der Waals surface area (Å²) in [7, 11) is 1.75. The number of carbonyl (C=O) groups is 1. The average Bonchev–Trinajstić information content (AvgIpc) is 2.56. The van der Waals surface area contributed by atoms with E-state index in [2.05, 4.69) is 15.9 Å². The Morgan fingerprint density at radius 1 is 1.17 bits per heavy atom. The SMILES string of the molecule is CCOc1ccc(CN(C)C(=O)COc2ccc(Cl)cc2Br)cc1. The zero-order valence-electron chi connectivity index (χ0n) is 13.6. The smallest absolute Gasteiger partial charge is 0.260 e. The summed E-state index contributed by atoms with van der Waals surface area (Å²) in [5.41, 5.74) is 1.03. The Kier molecular flexibility index (Phi) is 6.94. The Morgan fingerprint density at radius 2 is 1.88 bits per heavy atom. The van der Waals surface area contributed by atoms with Gasteiger partial charge in [0.25, 0.3) is 5.91 Å². The first-order chi connectivity index (χ1) is 11.5. The van der Waals surface area contributed by atoms with Crippen LogP contribution in [0, 0.1) is 0 Å². The number of amides is 1. The molecule has 0 bridgehead atoms. The fourth-order valence-electron chi connectivity index (χ4n) is 2.06. The van der Waals surface area contributed by atoms with Crippen LogP contribution in [0.1, 0.15) is 12.5 Å². The molecule has 0 saturated carbocycles. The maximum atomic E-state index is 12.2. The van der Waals surface area contributed by atoms with Crippen LogP contribution < -0.4 is 9.47 Å². The summed E-state index contributed by atoms with van der Waals surface area (Å²) in [6, 6.07) is 12.9. The van der Waals surface area contributed by atoms with Crippen molar-refractivity contribution in [1.29, 1.82) is 0 Å². The van der Waals surface area contributed by atoms with Crippen molar-refractivity contribution in [2.45, 2.75) is 13.5 Å². The fraction of sp³-hybridized carbons (Fsp3) is 0.278. The molecule has 4 nitrogen and oxygen atoms in total. The Balaban J connectivity index is 1.87. The molecule has 0 atom stereocenters. The number of halogens is 2. The lowest BCUT2D eigenvalue weighted by Gasteiger charge is -2.18. The molecule has 0 fully saturated rings. The maximum Gasteiger partial charge on any atom is 0.260 e. The molecule has 2 aromatic rings. The molecule has 6 heteroatoms. The molecule has 0 saturated heterocycles. The summed E-state index contributed by atoms with van der Waals surface area (Å²) in [5, 5.41) is 0.605. The van der Waals surface area contributed by atoms with Crippen molar-refractivity contribution in [3.8, 4) is 11.5 Å². The first-order valence-corrected chi connectivity index (χ1v) is 8.70. The molecule has 0 spiro atoms. The number of carbonyl (C=O) groups excluding carboxylic acids is 1. The van der Waals surface area contributed by atoms with Gasteiger partial charge < -0.3 is 14.4 Å². The van der Waals surface area contributed by atoms with Gasteiger partial charge in [0.05, 0.1) is 11.1 Å². The van der Waals surface area contributed by atoms with Gasteiger partial charge in [-0.15, -0.1) is 0 Å². The molecule has 0 N–H and O–H groups in total. The lowest BCUT2D eigenvalue weighted by atomic mass is 10.2. The molecule has 128 valence electrons. The molecule has 0 aliphatic carbocycles. The van der Waals surface area contributed by atoms with E-state index < -0.39 is 0 Å². The van der Waals surface area contributed by atoms with E-state index >= 15 is 0 Å². The van der Waals surface area contributed by atoms with Crippen molar-refractivity contribution in [3.63, 3.8) is 0 Å². The molecule has 1 amide bonds. The van der Waals surface area contributed by atoms with E-state index in [-0.39, 0.29) is 12.5 Å². The second-order valence-electron chi connectivity index (χ2n) is 5.19. The Hall–Kier alpha value is -1.72. The minimum absolute atomic E-state index is 0.0340. The van der Waals surface area contributed by atoms with Crippen molar-refractivity contribution in [2.24, 2.45) is 0 Å². The molecule has 0 unspecified atom stereocenters. The lowest BCUT2D eigenvalue weighted by molar-refractivity contribution is -0.132. The molecule has 0 aliphatic heterocycles. The van der Waals surface area contributed by atoms with Crippen LogP contribution in [0.15, 0.2) is 46.9 Å². The summed E-state index contributed by atoms with van der Waals surface area (Å²) in [6.07, 6.45) is 0. The summed E-state index contributed by atoms with van der Waals surface area (Å²) in [6.45, 7) is 3.05. The summed E-state index contributed by atoms with van der Waals surface area (Å²) in [5.74, 6) is 1.30. The van der Waals surface area contributed by atoms with Gasteiger partial charge in [0.15, 0.2) is 6.61 Å². The van der Waals surface area contributed by atoms with E-state index in [0.717, 1.165) is 15.8 Å². The van der Waals surface area contributed by atoms with Gasteiger partial charge in [-0.05, 0) is 58.7 Å². The van der Waals surface area contributed by atoms with Gasteiger partial charge in [-0.2, -0.15) is 0 Å². The van der Waals surface area contributed by atoms with Crippen LogP contribution in [0.4, 0.5) is 0 Å². The third-order valence-corrected chi connectivity index (χ3v) is 4.18. The van der Waals surface area contributed by atoms with Crippen molar-refractivity contribution in [1.82, 2.24) is 4.90 Å². The zero-order valence-corrected chi connectivity index (χ0v) is 15.9. The third-order valence-electron chi connectivity index (χ3n) is 3.32. The number of hydrogen-bond donors (Lipinski definition) is 0. The number of rotatable bonds is 7. The van der Waals surface area contributed by atoms with Crippen molar-refractivity contribution >= 4 is 33.4 Å². The fourth-order valence-corrected chi connectivity index (χ4v) is 2.86. The predicted octanol–water partition coefficient (Wildman–Crippen LogP) is 4.54. The number of likely N-dealkylation sites (N-methyl/N-ethyl adjacent to an activating group) is 1. The minimum atomic E-state index is -0.106. The van der Waals surface area contributed by atoms with E-state index in [1.807, 2.05) is 31.2 Å². The van der Waals surface area contributed by atoms with Crippen LogP contribution in [-0.2, 0) is 11.3 Å². The molecule has 0 heterocycles. The topological polar surface area (TPSA) is 38.8 Å². The monoisotopic (exact) mass is 411 g/mol. The van der Waals surface area contributed by atoms with Crippen LogP contribution in [0.3, 0.4) is 0 Å². The Labute approximate surface area is 155 Å². The molecule has 0 radical (unpaired) electrons. The van der Waals surface area contributed by atoms with Crippen molar-refractivity contribution in [3.05, 3.63) is 57.5 Å². The zero-order chi connectivity index (χ0) is 17.5. The summed E-state index contributed by atoms with van der Waals surface area (Å²) >= 11 is 9.24. The van der Waals surface area contributed by atoms with Gasteiger partial charge >= 0.3 is 0 Å². The van der Waals surface area contributed by atoms with Crippen LogP contribution in [0.25, 0.3) is 0 Å². The molecule has 24 heavy (non-hydrogen) atoms. The van der Waals surface area contributed by atoms with Gasteiger partial charge in [-0.3, -0.25) is 4.79 Å². The lowest BCUT2D eigenvalue weighted by Crippen LogP contribution is -2.31.